The van der Waals surface area contributed by atoms with Crippen molar-refractivity contribution in [2.24, 2.45) is 0 Å². The van der Waals surface area contributed by atoms with Gasteiger partial charge in [-0.25, -0.2) is 0 Å². The summed E-state index contributed by atoms with van der Waals surface area (Å²) < 4.78 is 0. The fraction of sp³-hybridized carbons (Fsp3) is 0.450. The van der Waals surface area contributed by atoms with E-state index in [1.165, 1.54) is 16.3 Å². The monoisotopic (exact) mass is 326 g/mol. The van der Waals surface area contributed by atoms with Crippen molar-refractivity contribution in [1.29, 1.82) is 0 Å². The first-order valence-corrected chi connectivity index (χ1v) is 8.74. The predicted molar refractivity (Wildman–Crippen MR) is 97.1 cm³/mol. The molecule has 4 heteroatoms. The number of likely N-dealkylation sites (N-methyl/N-ethyl adjacent to an activating group) is 1. The molecule has 0 bridgehead atoms. The summed E-state index contributed by atoms with van der Waals surface area (Å²) in [7, 11) is 1.93. The molecule has 1 saturated heterocycles. The highest BCUT2D eigenvalue weighted by Crippen LogP contribution is 2.22. The number of likely N-dealkylation sites (tertiary alicyclic amines) is 1. The molecule has 0 unspecified atom stereocenters. The van der Waals surface area contributed by atoms with Crippen LogP contribution in [0.5, 0.6) is 0 Å². The Morgan fingerprint density at radius 1 is 1.17 bits per heavy atom. The number of hydrogen-bond donors (Lipinski definition) is 1. The van der Waals surface area contributed by atoms with Crippen molar-refractivity contribution < 1.29 is 9.90 Å². The van der Waals surface area contributed by atoms with E-state index in [-0.39, 0.29) is 6.54 Å². The summed E-state index contributed by atoms with van der Waals surface area (Å²) in [5.74, 6) is -0.741. The number of carboxylic acids is 1. The van der Waals surface area contributed by atoms with Crippen LogP contribution in [0.2, 0.25) is 0 Å². The van der Waals surface area contributed by atoms with Crippen LogP contribution in [0.4, 0.5) is 0 Å². The molecule has 2 aromatic carbocycles. The number of nitrogens with zero attached hydrogens (tertiary/aromatic N) is 2. The first-order valence-electron chi connectivity index (χ1n) is 8.74. The third-order valence-electron chi connectivity index (χ3n) is 5.07. The summed E-state index contributed by atoms with van der Waals surface area (Å²) in [6.07, 6.45) is 3.24. The molecule has 0 saturated carbocycles. The predicted octanol–water partition coefficient (Wildman–Crippen LogP) is 3.21. The molecule has 0 spiro atoms. The molecule has 1 heterocycles. The largest absolute Gasteiger partial charge is 0.480 e. The van der Waals surface area contributed by atoms with Crippen LogP contribution in [0.3, 0.4) is 0 Å². The fourth-order valence-corrected chi connectivity index (χ4v) is 3.75. The number of aliphatic carboxylic acids is 1. The highest BCUT2D eigenvalue weighted by atomic mass is 16.4. The highest BCUT2D eigenvalue weighted by Gasteiger charge is 2.21. The van der Waals surface area contributed by atoms with Crippen molar-refractivity contribution in [3.8, 4) is 0 Å². The molecule has 0 aromatic heterocycles. The van der Waals surface area contributed by atoms with Crippen molar-refractivity contribution in [3.05, 3.63) is 48.0 Å². The molecule has 1 aliphatic rings. The van der Waals surface area contributed by atoms with Gasteiger partial charge in [-0.15, -0.1) is 0 Å². The van der Waals surface area contributed by atoms with Gasteiger partial charge < -0.3 is 5.11 Å². The van der Waals surface area contributed by atoms with Crippen molar-refractivity contribution in [3.63, 3.8) is 0 Å². The van der Waals surface area contributed by atoms with E-state index in [1.807, 2.05) is 11.9 Å². The molecule has 128 valence electrons. The maximum absolute atomic E-state index is 10.9. The Kier molecular flexibility index (Phi) is 5.48. The van der Waals surface area contributed by atoms with Gasteiger partial charge in [0.25, 0.3) is 0 Å². The standard InChI is InChI=1S/C20H26N2O2/c1-21(15-20(23)24)18-9-5-12-22(13-11-18)14-17-8-4-7-16-6-2-3-10-19(16)17/h2-4,6-8,10,18H,5,9,11-15H2,1H3,(H,23,24)/t18-/m0/s1. The lowest BCUT2D eigenvalue weighted by atomic mass is 10.0. The second-order valence-corrected chi connectivity index (χ2v) is 6.81. The molecule has 1 fully saturated rings. The number of carbonyl (C=O) groups is 1. The summed E-state index contributed by atoms with van der Waals surface area (Å²) in [5, 5.41) is 11.6. The van der Waals surface area contributed by atoms with E-state index in [9.17, 15) is 4.79 Å². The van der Waals surface area contributed by atoms with E-state index in [0.29, 0.717) is 6.04 Å². The minimum absolute atomic E-state index is 0.133. The molecule has 0 amide bonds. The van der Waals surface area contributed by atoms with Gasteiger partial charge >= 0.3 is 5.97 Å². The van der Waals surface area contributed by atoms with Gasteiger partial charge in [0.2, 0.25) is 0 Å². The fourth-order valence-electron chi connectivity index (χ4n) is 3.75. The van der Waals surface area contributed by atoms with Gasteiger partial charge in [-0.1, -0.05) is 42.5 Å². The molecule has 2 aromatic rings. The van der Waals surface area contributed by atoms with E-state index in [0.717, 1.165) is 38.9 Å². The molecular formula is C20H26N2O2. The van der Waals surface area contributed by atoms with Crippen LogP contribution >= 0.6 is 0 Å². The number of benzene rings is 2. The second kappa shape index (κ2) is 7.77. The lowest BCUT2D eigenvalue weighted by Crippen LogP contribution is -2.36. The summed E-state index contributed by atoms with van der Waals surface area (Å²) >= 11 is 0. The zero-order chi connectivity index (χ0) is 16.9. The van der Waals surface area contributed by atoms with Crippen LogP contribution < -0.4 is 0 Å². The molecule has 4 nitrogen and oxygen atoms in total. The molecule has 1 N–H and O–H groups in total. The third kappa shape index (κ3) is 4.13. The summed E-state index contributed by atoms with van der Waals surface area (Å²) in [5.41, 5.74) is 1.38. The van der Waals surface area contributed by atoms with Gasteiger partial charge in [-0.2, -0.15) is 0 Å². The Hall–Kier alpha value is -1.91. The number of fused-ring (bicyclic) bond motifs is 1. The Morgan fingerprint density at radius 3 is 2.79 bits per heavy atom. The smallest absolute Gasteiger partial charge is 0.317 e. The van der Waals surface area contributed by atoms with Crippen LogP contribution in [0.15, 0.2) is 42.5 Å². The SMILES string of the molecule is CN(CC(=O)O)[C@H]1CCCN(Cc2cccc3ccccc23)CC1. The topological polar surface area (TPSA) is 43.8 Å². The van der Waals surface area contributed by atoms with Gasteiger partial charge in [0.15, 0.2) is 0 Å². The first-order chi connectivity index (χ1) is 11.6. The van der Waals surface area contributed by atoms with Crippen LogP contribution in [-0.2, 0) is 11.3 Å². The van der Waals surface area contributed by atoms with Crippen molar-refractivity contribution >= 4 is 16.7 Å². The number of hydrogen-bond acceptors (Lipinski definition) is 3. The Morgan fingerprint density at radius 2 is 1.96 bits per heavy atom. The van der Waals surface area contributed by atoms with E-state index in [1.54, 1.807) is 0 Å². The van der Waals surface area contributed by atoms with E-state index in [2.05, 4.69) is 47.4 Å². The maximum Gasteiger partial charge on any atom is 0.317 e. The van der Waals surface area contributed by atoms with Gasteiger partial charge in [-0.3, -0.25) is 14.6 Å². The zero-order valence-electron chi connectivity index (χ0n) is 14.3. The average molecular weight is 326 g/mol. The minimum Gasteiger partial charge on any atom is -0.480 e. The first kappa shape index (κ1) is 16.9. The minimum atomic E-state index is -0.741. The highest BCUT2D eigenvalue weighted by molar-refractivity contribution is 5.85. The Balaban J connectivity index is 1.65. The molecule has 24 heavy (non-hydrogen) atoms. The second-order valence-electron chi connectivity index (χ2n) is 6.81. The normalized spacial score (nSPS) is 19.5. The third-order valence-corrected chi connectivity index (χ3v) is 5.07. The van der Waals surface area contributed by atoms with Crippen molar-refractivity contribution in [2.75, 3.05) is 26.7 Å². The zero-order valence-corrected chi connectivity index (χ0v) is 14.3. The number of carboxylic acid groups (broad SMARTS) is 1. The summed E-state index contributed by atoms with van der Waals surface area (Å²) in [4.78, 5) is 15.4. The molecule has 1 aliphatic heterocycles. The van der Waals surface area contributed by atoms with Gasteiger partial charge in [0.1, 0.15) is 0 Å². The quantitative estimate of drug-likeness (QED) is 0.916. The lowest BCUT2D eigenvalue weighted by Gasteiger charge is -2.25. The van der Waals surface area contributed by atoms with Gasteiger partial charge in [0, 0.05) is 12.6 Å². The molecule has 3 rings (SSSR count). The van der Waals surface area contributed by atoms with Crippen LogP contribution in [-0.4, -0.2) is 53.6 Å². The summed E-state index contributed by atoms with van der Waals surface area (Å²) in [6.45, 7) is 3.21. The maximum atomic E-state index is 10.9. The van der Waals surface area contributed by atoms with Crippen molar-refractivity contribution in [1.82, 2.24) is 9.80 Å². The molecule has 1 atom stereocenters. The molecule has 0 aliphatic carbocycles. The Labute approximate surface area is 143 Å². The molecular weight excluding hydrogens is 300 g/mol. The van der Waals surface area contributed by atoms with Crippen LogP contribution in [0.1, 0.15) is 24.8 Å². The van der Waals surface area contributed by atoms with Crippen molar-refractivity contribution in [2.45, 2.75) is 31.8 Å². The molecule has 0 radical (unpaired) electrons. The van der Waals surface area contributed by atoms with E-state index >= 15 is 0 Å². The van der Waals surface area contributed by atoms with E-state index in [4.69, 9.17) is 5.11 Å². The average Bonchev–Trinajstić information content (AvgIpc) is 2.80. The van der Waals surface area contributed by atoms with Crippen LogP contribution in [0.25, 0.3) is 10.8 Å². The lowest BCUT2D eigenvalue weighted by molar-refractivity contribution is -0.138. The van der Waals surface area contributed by atoms with Gasteiger partial charge in [0.05, 0.1) is 6.54 Å². The number of rotatable bonds is 5. The van der Waals surface area contributed by atoms with E-state index < -0.39 is 5.97 Å². The van der Waals surface area contributed by atoms with Gasteiger partial charge in [-0.05, 0) is 55.7 Å². The summed E-state index contributed by atoms with van der Waals surface area (Å²) in [6, 6.07) is 15.5. The van der Waals surface area contributed by atoms with Crippen LogP contribution in [0, 0.1) is 0 Å². The Bertz CT molecular complexity index is 696.